The van der Waals surface area contributed by atoms with E-state index in [2.05, 4.69) is 0 Å². The summed E-state index contributed by atoms with van der Waals surface area (Å²) in [6, 6.07) is 16.8. The van der Waals surface area contributed by atoms with Gasteiger partial charge in [-0.2, -0.15) is 0 Å². The summed E-state index contributed by atoms with van der Waals surface area (Å²) in [6.07, 6.45) is 3.96. The van der Waals surface area contributed by atoms with Gasteiger partial charge < -0.3 is 5.11 Å². The van der Waals surface area contributed by atoms with E-state index in [-0.39, 0.29) is 0 Å². The third-order valence-corrected chi connectivity index (χ3v) is 2.43. The second kappa shape index (κ2) is 5.12. The van der Waals surface area contributed by atoms with Gasteiger partial charge in [0.15, 0.2) is 0 Å². The standard InChI is InChI=1S/C15H12O2/c16-15(17)14-10-8-13(9-11-14)7-6-12-4-2-1-3-5-12/h1-11H,(H,16,17)/b7-6+. The maximum Gasteiger partial charge on any atom is 0.335 e. The lowest BCUT2D eigenvalue weighted by Gasteiger charge is -1.96. The van der Waals surface area contributed by atoms with E-state index in [1.807, 2.05) is 42.5 Å². The molecule has 0 fully saturated rings. The van der Waals surface area contributed by atoms with Crippen molar-refractivity contribution in [2.45, 2.75) is 0 Å². The highest BCUT2D eigenvalue weighted by molar-refractivity contribution is 5.88. The second-order valence-electron chi connectivity index (χ2n) is 3.67. The molecule has 0 radical (unpaired) electrons. The molecule has 0 atom stereocenters. The van der Waals surface area contributed by atoms with Gasteiger partial charge in [-0.3, -0.25) is 0 Å². The van der Waals surface area contributed by atoms with Crippen molar-refractivity contribution in [1.82, 2.24) is 0 Å². The molecule has 0 aliphatic heterocycles. The number of benzene rings is 2. The van der Waals surface area contributed by atoms with E-state index in [0.717, 1.165) is 11.1 Å². The number of hydrogen-bond acceptors (Lipinski definition) is 1. The summed E-state index contributed by atoms with van der Waals surface area (Å²) >= 11 is 0. The average molecular weight is 224 g/mol. The summed E-state index contributed by atoms with van der Waals surface area (Å²) in [6.45, 7) is 0. The van der Waals surface area contributed by atoms with E-state index < -0.39 is 5.97 Å². The first-order valence-corrected chi connectivity index (χ1v) is 5.32. The molecule has 0 aliphatic rings. The summed E-state index contributed by atoms with van der Waals surface area (Å²) in [5, 5.41) is 8.77. The summed E-state index contributed by atoms with van der Waals surface area (Å²) in [5.41, 5.74) is 2.41. The molecule has 0 saturated heterocycles. The summed E-state index contributed by atoms with van der Waals surface area (Å²) in [4.78, 5) is 10.7. The van der Waals surface area contributed by atoms with E-state index in [0.29, 0.717) is 5.56 Å². The first-order valence-electron chi connectivity index (χ1n) is 5.32. The van der Waals surface area contributed by atoms with E-state index in [1.165, 1.54) is 0 Å². The molecule has 2 rings (SSSR count). The van der Waals surface area contributed by atoms with Crippen LogP contribution in [0.15, 0.2) is 54.6 Å². The van der Waals surface area contributed by atoms with Gasteiger partial charge in [0.1, 0.15) is 0 Å². The van der Waals surface area contributed by atoms with Crippen LogP contribution in [0.3, 0.4) is 0 Å². The quantitative estimate of drug-likeness (QED) is 0.809. The number of carbonyl (C=O) groups is 1. The molecule has 0 heterocycles. The van der Waals surface area contributed by atoms with Gasteiger partial charge >= 0.3 is 5.97 Å². The number of aromatic carboxylic acids is 1. The normalized spacial score (nSPS) is 10.6. The van der Waals surface area contributed by atoms with Crippen LogP contribution in [0.2, 0.25) is 0 Å². The highest BCUT2D eigenvalue weighted by atomic mass is 16.4. The van der Waals surface area contributed by atoms with E-state index in [9.17, 15) is 4.79 Å². The fourth-order valence-corrected chi connectivity index (χ4v) is 1.49. The first-order chi connectivity index (χ1) is 8.25. The lowest BCUT2D eigenvalue weighted by atomic mass is 10.1. The van der Waals surface area contributed by atoms with Crippen LogP contribution in [0.4, 0.5) is 0 Å². The van der Waals surface area contributed by atoms with Crippen LogP contribution < -0.4 is 0 Å². The van der Waals surface area contributed by atoms with Gasteiger partial charge in [0.2, 0.25) is 0 Å². The minimum Gasteiger partial charge on any atom is -0.478 e. The van der Waals surface area contributed by atoms with Gasteiger partial charge in [-0.25, -0.2) is 4.79 Å². The lowest BCUT2D eigenvalue weighted by Crippen LogP contribution is -1.94. The Kier molecular flexibility index (Phi) is 3.36. The molecular formula is C15H12O2. The molecule has 0 amide bonds. The molecule has 0 spiro atoms. The minimum atomic E-state index is -0.899. The molecule has 2 aromatic carbocycles. The van der Waals surface area contributed by atoms with Crippen LogP contribution in [0.1, 0.15) is 21.5 Å². The van der Waals surface area contributed by atoms with Crippen molar-refractivity contribution >= 4 is 18.1 Å². The summed E-state index contributed by atoms with van der Waals surface area (Å²) in [7, 11) is 0. The minimum absolute atomic E-state index is 0.307. The number of hydrogen-bond donors (Lipinski definition) is 1. The molecule has 0 aromatic heterocycles. The Labute approximate surface area is 99.8 Å². The molecule has 2 aromatic rings. The molecule has 1 N–H and O–H groups in total. The van der Waals surface area contributed by atoms with Crippen molar-refractivity contribution in [3.8, 4) is 0 Å². The number of carboxylic acid groups (broad SMARTS) is 1. The van der Waals surface area contributed by atoms with Crippen LogP contribution in [0.25, 0.3) is 12.2 Å². The molecule has 0 saturated carbocycles. The third kappa shape index (κ3) is 3.05. The SMILES string of the molecule is O=C(O)c1ccc(/C=C/c2ccccc2)cc1. The van der Waals surface area contributed by atoms with Crippen molar-refractivity contribution in [3.63, 3.8) is 0 Å². The lowest BCUT2D eigenvalue weighted by molar-refractivity contribution is 0.0697. The van der Waals surface area contributed by atoms with Crippen LogP contribution in [0.5, 0.6) is 0 Å². The topological polar surface area (TPSA) is 37.3 Å². The van der Waals surface area contributed by atoms with Crippen molar-refractivity contribution < 1.29 is 9.90 Å². The van der Waals surface area contributed by atoms with E-state index >= 15 is 0 Å². The van der Waals surface area contributed by atoms with Crippen molar-refractivity contribution in [2.75, 3.05) is 0 Å². The fourth-order valence-electron chi connectivity index (χ4n) is 1.49. The second-order valence-corrected chi connectivity index (χ2v) is 3.67. The fraction of sp³-hybridized carbons (Fsp3) is 0. The van der Waals surface area contributed by atoms with Gasteiger partial charge in [-0.15, -0.1) is 0 Å². The predicted octanol–water partition coefficient (Wildman–Crippen LogP) is 3.56. The van der Waals surface area contributed by atoms with Crippen LogP contribution in [-0.2, 0) is 0 Å². The highest BCUT2D eigenvalue weighted by Crippen LogP contribution is 2.09. The third-order valence-electron chi connectivity index (χ3n) is 2.43. The van der Waals surface area contributed by atoms with Crippen LogP contribution in [0, 0.1) is 0 Å². The molecule has 2 heteroatoms. The summed E-state index contributed by atoms with van der Waals surface area (Å²) < 4.78 is 0. The largest absolute Gasteiger partial charge is 0.478 e. The summed E-state index contributed by atoms with van der Waals surface area (Å²) in [5.74, 6) is -0.899. The predicted molar refractivity (Wildman–Crippen MR) is 68.8 cm³/mol. The molecular weight excluding hydrogens is 212 g/mol. The van der Waals surface area contributed by atoms with Gasteiger partial charge in [-0.1, -0.05) is 54.6 Å². The van der Waals surface area contributed by atoms with Crippen molar-refractivity contribution in [2.24, 2.45) is 0 Å². The smallest absolute Gasteiger partial charge is 0.335 e. The first kappa shape index (κ1) is 11.1. The Balaban J connectivity index is 2.14. The molecule has 0 aliphatic carbocycles. The van der Waals surface area contributed by atoms with E-state index in [4.69, 9.17) is 5.11 Å². The monoisotopic (exact) mass is 224 g/mol. The average Bonchev–Trinajstić information content (AvgIpc) is 2.38. The van der Waals surface area contributed by atoms with Crippen LogP contribution >= 0.6 is 0 Å². The zero-order chi connectivity index (χ0) is 12.1. The van der Waals surface area contributed by atoms with E-state index in [1.54, 1.807) is 24.3 Å². The highest BCUT2D eigenvalue weighted by Gasteiger charge is 1.99. The molecule has 17 heavy (non-hydrogen) atoms. The van der Waals surface area contributed by atoms with Gasteiger partial charge in [0.05, 0.1) is 5.56 Å². The van der Waals surface area contributed by atoms with Gasteiger partial charge in [-0.05, 0) is 23.3 Å². The van der Waals surface area contributed by atoms with Gasteiger partial charge in [0, 0.05) is 0 Å². The Morgan fingerprint density at radius 1 is 0.824 bits per heavy atom. The van der Waals surface area contributed by atoms with Crippen molar-refractivity contribution in [3.05, 3.63) is 71.3 Å². The maximum absolute atomic E-state index is 10.7. The zero-order valence-electron chi connectivity index (χ0n) is 9.21. The molecule has 0 bridgehead atoms. The molecule has 84 valence electrons. The molecule has 0 unspecified atom stereocenters. The van der Waals surface area contributed by atoms with Gasteiger partial charge in [0.25, 0.3) is 0 Å². The number of carboxylic acids is 1. The maximum atomic E-state index is 10.7. The zero-order valence-corrected chi connectivity index (χ0v) is 9.21. The van der Waals surface area contributed by atoms with Crippen molar-refractivity contribution in [1.29, 1.82) is 0 Å². The molecule has 2 nitrogen and oxygen atoms in total. The van der Waals surface area contributed by atoms with Crippen LogP contribution in [-0.4, -0.2) is 11.1 Å². The Bertz CT molecular complexity index is 525. The number of rotatable bonds is 3. The Morgan fingerprint density at radius 3 is 1.88 bits per heavy atom. The Hall–Kier alpha value is -2.35. The Morgan fingerprint density at radius 2 is 1.35 bits per heavy atom.